The lowest BCUT2D eigenvalue weighted by molar-refractivity contribution is 0.811. The molecule has 0 aliphatic carbocycles. The van der Waals surface area contributed by atoms with Crippen LogP contribution >= 0.6 is 11.8 Å². The van der Waals surface area contributed by atoms with Crippen LogP contribution in [0.3, 0.4) is 0 Å². The van der Waals surface area contributed by atoms with Crippen molar-refractivity contribution < 1.29 is 0 Å². The highest BCUT2D eigenvalue weighted by Crippen LogP contribution is 2.28. The van der Waals surface area contributed by atoms with Crippen molar-refractivity contribution >= 4 is 22.8 Å². The Labute approximate surface area is 122 Å². The van der Waals surface area contributed by atoms with E-state index in [-0.39, 0.29) is 0 Å². The number of aromatic amines is 1. The van der Waals surface area contributed by atoms with Gasteiger partial charge >= 0.3 is 0 Å². The molecule has 2 N–H and O–H groups in total. The van der Waals surface area contributed by atoms with E-state index in [0.717, 1.165) is 22.7 Å². The van der Waals surface area contributed by atoms with Crippen LogP contribution in [0.4, 0.5) is 0 Å². The first-order chi connectivity index (χ1) is 9.76. The average molecular weight is 283 g/mol. The van der Waals surface area contributed by atoms with Crippen LogP contribution in [0.25, 0.3) is 11.0 Å². The van der Waals surface area contributed by atoms with Gasteiger partial charge in [-0.2, -0.15) is 0 Å². The van der Waals surface area contributed by atoms with Crippen molar-refractivity contribution in [3.8, 4) is 0 Å². The Morgan fingerprint density at radius 1 is 1.20 bits per heavy atom. The van der Waals surface area contributed by atoms with Gasteiger partial charge in [0.1, 0.15) is 0 Å². The molecule has 3 nitrogen and oxygen atoms in total. The van der Waals surface area contributed by atoms with Crippen molar-refractivity contribution in [3.05, 3.63) is 53.6 Å². The van der Waals surface area contributed by atoms with E-state index < -0.39 is 0 Å². The molecule has 2 aromatic carbocycles. The SMILES string of the molecule is CNCc1ccc(Sc2nc3ccccc3[nH]2)cc1C. The highest BCUT2D eigenvalue weighted by atomic mass is 32.2. The Morgan fingerprint density at radius 2 is 2.05 bits per heavy atom. The first-order valence-corrected chi connectivity index (χ1v) is 7.44. The molecule has 4 heteroatoms. The Hall–Kier alpha value is -1.78. The first-order valence-electron chi connectivity index (χ1n) is 6.63. The molecule has 0 unspecified atom stereocenters. The van der Waals surface area contributed by atoms with Gasteiger partial charge < -0.3 is 10.3 Å². The molecule has 3 aromatic rings. The fraction of sp³-hybridized carbons (Fsp3) is 0.188. The molecule has 0 saturated heterocycles. The Morgan fingerprint density at radius 3 is 2.80 bits per heavy atom. The van der Waals surface area contributed by atoms with Crippen molar-refractivity contribution in [1.82, 2.24) is 15.3 Å². The second-order valence-electron chi connectivity index (χ2n) is 4.78. The highest BCUT2D eigenvalue weighted by molar-refractivity contribution is 7.99. The molecular formula is C16H17N3S. The van der Waals surface area contributed by atoms with E-state index in [2.05, 4.69) is 40.4 Å². The molecule has 0 aliphatic heterocycles. The fourth-order valence-corrected chi connectivity index (χ4v) is 3.11. The topological polar surface area (TPSA) is 40.7 Å². The maximum atomic E-state index is 4.59. The van der Waals surface area contributed by atoms with Gasteiger partial charge in [0.15, 0.2) is 5.16 Å². The molecule has 1 heterocycles. The lowest BCUT2D eigenvalue weighted by Gasteiger charge is -2.06. The minimum absolute atomic E-state index is 0.904. The summed E-state index contributed by atoms with van der Waals surface area (Å²) in [4.78, 5) is 9.14. The zero-order valence-corrected chi connectivity index (χ0v) is 12.4. The third-order valence-electron chi connectivity index (χ3n) is 3.26. The number of para-hydroxylation sites is 2. The molecule has 0 fully saturated rings. The van der Waals surface area contributed by atoms with Gasteiger partial charge in [0, 0.05) is 11.4 Å². The van der Waals surface area contributed by atoms with E-state index in [9.17, 15) is 0 Å². The maximum absolute atomic E-state index is 4.59. The van der Waals surface area contributed by atoms with Gasteiger partial charge in [0.2, 0.25) is 0 Å². The standard InChI is InChI=1S/C16H17N3S/c1-11-9-13(8-7-12(11)10-17-2)20-16-18-14-5-3-4-6-15(14)19-16/h3-9,17H,10H2,1-2H3,(H,18,19). The molecule has 0 aliphatic rings. The number of aryl methyl sites for hydroxylation is 1. The molecule has 3 rings (SSSR count). The summed E-state index contributed by atoms with van der Waals surface area (Å²) in [6, 6.07) is 14.6. The summed E-state index contributed by atoms with van der Waals surface area (Å²) in [6.45, 7) is 3.05. The number of nitrogens with one attached hydrogen (secondary N) is 2. The summed E-state index contributed by atoms with van der Waals surface area (Å²) in [5.41, 5.74) is 4.74. The number of nitrogens with zero attached hydrogens (tertiary/aromatic N) is 1. The summed E-state index contributed by atoms with van der Waals surface area (Å²) < 4.78 is 0. The van der Waals surface area contributed by atoms with Crippen molar-refractivity contribution in [3.63, 3.8) is 0 Å². The summed E-state index contributed by atoms with van der Waals surface area (Å²) >= 11 is 1.67. The van der Waals surface area contributed by atoms with Gasteiger partial charge in [-0.15, -0.1) is 0 Å². The van der Waals surface area contributed by atoms with Crippen LogP contribution < -0.4 is 5.32 Å². The van der Waals surface area contributed by atoms with Crippen LogP contribution in [-0.2, 0) is 6.54 Å². The quantitative estimate of drug-likeness (QED) is 0.766. The number of benzene rings is 2. The van der Waals surface area contributed by atoms with Crippen molar-refractivity contribution in [2.75, 3.05) is 7.05 Å². The van der Waals surface area contributed by atoms with Crippen LogP contribution in [0, 0.1) is 6.92 Å². The Balaban J connectivity index is 1.85. The van der Waals surface area contributed by atoms with Crippen LogP contribution in [0.5, 0.6) is 0 Å². The summed E-state index contributed by atoms with van der Waals surface area (Å²) in [5, 5.41) is 4.12. The van der Waals surface area contributed by atoms with Crippen LogP contribution in [0.2, 0.25) is 0 Å². The van der Waals surface area contributed by atoms with Crippen molar-refractivity contribution in [2.24, 2.45) is 0 Å². The van der Waals surface area contributed by atoms with E-state index in [0.29, 0.717) is 0 Å². The zero-order chi connectivity index (χ0) is 13.9. The molecule has 0 saturated carbocycles. The van der Waals surface area contributed by atoms with Gasteiger partial charge in [-0.1, -0.05) is 30.0 Å². The Bertz CT molecular complexity index is 700. The van der Waals surface area contributed by atoms with E-state index in [1.165, 1.54) is 16.0 Å². The van der Waals surface area contributed by atoms with E-state index in [1.54, 1.807) is 11.8 Å². The molecule has 0 amide bonds. The molecule has 0 spiro atoms. The fourth-order valence-electron chi connectivity index (χ4n) is 2.21. The van der Waals surface area contributed by atoms with Crippen molar-refractivity contribution in [1.29, 1.82) is 0 Å². The number of hydrogen-bond acceptors (Lipinski definition) is 3. The largest absolute Gasteiger partial charge is 0.333 e. The third kappa shape index (κ3) is 2.71. The predicted molar refractivity (Wildman–Crippen MR) is 84.2 cm³/mol. The van der Waals surface area contributed by atoms with Crippen LogP contribution in [0.15, 0.2) is 52.5 Å². The monoisotopic (exact) mass is 283 g/mol. The minimum atomic E-state index is 0.904. The number of H-pyrrole nitrogens is 1. The summed E-state index contributed by atoms with van der Waals surface area (Å²) in [7, 11) is 1.97. The lowest BCUT2D eigenvalue weighted by atomic mass is 10.1. The van der Waals surface area contributed by atoms with E-state index >= 15 is 0 Å². The number of hydrogen-bond donors (Lipinski definition) is 2. The second-order valence-corrected chi connectivity index (χ2v) is 5.84. The molecule has 20 heavy (non-hydrogen) atoms. The summed E-state index contributed by atoms with van der Waals surface area (Å²) in [5.74, 6) is 0. The minimum Gasteiger partial charge on any atom is -0.333 e. The number of fused-ring (bicyclic) bond motifs is 1. The van der Waals surface area contributed by atoms with Gasteiger partial charge in [-0.25, -0.2) is 4.98 Å². The van der Waals surface area contributed by atoms with Crippen LogP contribution in [0.1, 0.15) is 11.1 Å². The number of aromatic nitrogens is 2. The average Bonchev–Trinajstić information content (AvgIpc) is 2.84. The second kappa shape index (κ2) is 5.69. The normalized spacial score (nSPS) is 11.1. The molecular weight excluding hydrogens is 266 g/mol. The highest BCUT2D eigenvalue weighted by Gasteiger charge is 2.05. The third-order valence-corrected chi connectivity index (χ3v) is 4.14. The van der Waals surface area contributed by atoms with Gasteiger partial charge in [0.25, 0.3) is 0 Å². The first kappa shape index (κ1) is 13.2. The van der Waals surface area contributed by atoms with E-state index in [4.69, 9.17) is 0 Å². The van der Waals surface area contributed by atoms with E-state index in [1.807, 2.05) is 31.3 Å². The van der Waals surface area contributed by atoms with Crippen LogP contribution in [-0.4, -0.2) is 17.0 Å². The summed E-state index contributed by atoms with van der Waals surface area (Å²) in [6.07, 6.45) is 0. The van der Waals surface area contributed by atoms with Crippen molar-refractivity contribution in [2.45, 2.75) is 23.5 Å². The Kier molecular flexibility index (Phi) is 3.76. The molecule has 1 aromatic heterocycles. The molecule has 0 atom stereocenters. The van der Waals surface area contributed by atoms with Gasteiger partial charge in [-0.3, -0.25) is 0 Å². The zero-order valence-electron chi connectivity index (χ0n) is 11.6. The number of rotatable bonds is 4. The number of imidazole rings is 1. The molecule has 102 valence electrons. The smallest absolute Gasteiger partial charge is 0.171 e. The molecule has 0 radical (unpaired) electrons. The van der Waals surface area contributed by atoms with Gasteiger partial charge in [-0.05, 0) is 49.4 Å². The van der Waals surface area contributed by atoms with Gasteiger partial charge in [0.05, 0.1) is 11.0 Å². The predicted octanol–water partition coefficient (Wildman–Crippen LogP) is 3.74. The molecule has 0 bridgehead atoms. The maximum Gasteiger partial charge on any atom is 0.171 e. The lowest BCUT2D eigenvalue weighted by Crippen LogP contribution is -2.06.